The highest BCUT2D eigenvalue weighted by Gasteiger charge is 2.32. The third-order valence-electron chi connectivity index (χ3n) is 26.1. The lowest BCUT2D eigenvalue weighted by Gasteiger charge is -2.25. The Balaban J connectivity index is 0.902. The number of rotatable bonds is 38. The summed E-state index contributed by atoms with van der Waals surface area (Å²) in [5.74, 6) is 2.56. The van der Waals surface area contributed by atoms with E-state index in [4.69, 9.17) is 14.2 Å². The Morgan fingerprint density at radius 1 is 0.257 bits per heavy atom. The van der Waals surface area contributed by atoms with Gasteiger partial charge in [0.15, 0.2) is 0 Å². The molecule has 0 aromatic heterocycles. The van der Waals surface area contributed by atoms with Gasteiger partial charge in [-0.2, -0.15) is 0 Å². The topological polar surface area (TPSA) is 75.8 Å². The van der Waals surface area contributed by atoms with E-state index in [0.29, 0.717) is 0 Å². The zero-order valence-electron chi connectivity index (χ0n) is 68.1. The van der Waals surface area contributed by atoms with Gasteiger partial charge in [0, 0.05) is 68.8 Å². The monoisotopic (exact) mass is 1490 g/mol. The molecule has 0 radical (unpaired) electrons. The number of ether oxygens (including phenoxy) is 3. The van der Waals surface area contributed by atoms with Crippen LogP contribution in [0.15, 0.2) is 176 Å². The summed E-state index contributed by atoms with van der Waals surface area (Å²) < 4.78 is 17.4. The summed E-state index contributed by atoms with van der Waals surface area (Å²) in [5.41, 5.74) is 12.1. The first-order chi connectivity index (χ1) is 55.8. The molecule has 0 saturated carbocycles. The molecule has 0 bridgehead atoms. The van der Waals surface area contributed by atoms with E-state index in [9.17, 15) is 0 Å². The largest absolute Gasteiger partial charge is 0.497 e. The van der Waals surface area contributed by atoms with Crippen LogP contribution in [0, 0.1) is 20.9 Å². The standard InChI is InChI=1S/C106H112N4O3/c1-9-13-17-21-25-29-62-107-103-88(67-38-44-70(112-7)45-39-67)89(68-40-46-71(113-8)47-41-68)106(110-65(5)33-28-24-20-16-12-4)102-87-61-55-81-79-53-59-85-95-84(58-52-78(92(79)95)80-54-60-86(101(102)103)96(87)93(80)81)99-100(85)105(109-64-31-27-23-19-15-11-3)98-83-57-51-77-75-49-48-72(66-36-42-69(111-6)43-37-66)73-34-32-35-74(90(73)75)76-50-56-82(94(83)91(76)77)97(98)104(99)108-63-30-26-22-18-14-10-2/h32,34-61,65,107-110H,9-31,33,62-64H2,1-8H3. The van der Waals surface area contributed by atoms with Crippen LogP contribution in [0.1, 0.15) is 189 Å². The Bertz CT molecular complexity index is 6370. The molecule has 1 aliphatic rings. The molecule has 7 nitrogen and oxygen atoms in total. The maximum Gasteiger partial charge on any atom is 0.118 e. The van der Waals surface area contributed by atoms with Crippen molar-refractivity contribution in [1.82, 2.24) is 0 Å². The molecule has 1 atom stereocenters. The average molecular weight is 1490 g/mol. The first kappa shape index (κ1) is 73.9. The fourth-order valence-electron chi connectivity index (χ4n) is 20.6. The summed E-state index contributed by atoms with van der Waals surface area (Å²) in [6, 6.07) is 68.5. The summed E-state index contributed by atoms with van der Waals surface area (Å²) in [4.78, 5) is 0. The molecule has 574 valence electrons. The fourth-order valence-corrected chi connectivity index (χ4v) is 20.6. The predicted octanol–water partition coefficient (Wildman–Crippen LogP) is 30.7. The van der Waals surface area contributed by atoms with Crippen molar-refractivity contribution >= 4 is 152 Å². The van der Waals surface area contributed by atoms with E-state index in [1.807, 2.05) is 0 Å². The smallest absolute Gasteiger partial charge is 0.118 e. The van der Waals surface area contributed by atoms with E-state index in [-0.39, 0.29) is 6.04 Å². The van der Waals surface area contributed by atoms with Crippen LogP contribution in [0.3, 0.4) is 0 Å². The quantitative estimate of drug-likeness (QED) is 0.0133. The lowest BCUT2D eigenvalue weighted by Crippen LogP contribution is -2.17. The van der Waals surface area contributed by atoms with Crippen molar-refractivity contribution in [3.63, 3.8) is 0 Å². The van der Waals surface area contributed by atoms with Gasteiger partial charge in [-0.05, 0) is 209 Å². The lowest BCUT2D eigenvalue weighted by atomic mass is 9.86. The van der Waals surface area contributed by atoms with Gasteiger partial charge in [-0.15, -0.1) is 0 Å². The maximum atomic E-state index is 5.91. The van der Waals surface area contributed by atoms with Gasteiger partial charge in [0.25, 0.3) is 0 Å². The van der Waals surface area contributed by atoms with E-state index in [2.05, 4.69) is 232 Å². The molecule has 0 spiro atoms. The molecule has 0 heterocycles. The van der Waals surface area contributed by atoms with Crippen molar-refractivity contribution in [3.8, 4) is 50.6 Å². The summed E-state index contributed by atoms with van der Waals surface area (Å²) in [6.07, 6.45) is 29.5. The molecule has 17 aromatic rings. The van der Waals surface area contributed by atoms with Crippen molar-refractivity contribution in [2.45, 2.75) is 195 Å². The van der Waals surface area contributed by atoms with Gasteiger partial charge in [-0.1, -0.05) is 296 Å². The highest BCUT2D eigenvalue weighted by Crippen LogP contribution is 2.59. The molecule has 1 aliphatic carbocycles. The molecule has 4 N–H and O–H groups in total. The van der Waals surface area contributed by atoms with E-state index < -0.39 is 0 Å². The highest BCUT2D eigenvalue weighted by molar-refractivity contribution is 6.51. The molecular formula is C106H112N4O3. The average Bonchev–Trinajstić information content (AvgIpc) is 1.51. The minimum Gasteiger partial charge on any atom is -0.497 e. The van der Waals surface area contributed by atoms with Crippen molar-refractivity contribution in [3.05, 3.63) is 197 Å². The number of anilines is 4. The van der Waals surface area contributed by atoms with Crippen LogP contribution in [-0.2, 0) is 0 Å². The highest BCUT2D eigenvalue weighted by atomic mass is 16.5. The number of methoxy groups -OCH3 is 3. The van der Waals surface area contributed by atoms with Crippen LogP contribution in [-0.4, -0.2) is 47.0 Å². The lowest BCUT2D eigenvalue weighted by molar-refractivity contribution is 0.414. The third kappa shape index (κ3) is 12.8. The first-order valence-corrected chi connectivity index (χ1v) is 43.6. The molecule has 0 fully saturated rings. The number of fused-ring (bicyclic) bond motifs is 11. The zero-order chi connectivity index (χ0) is 76.8. The van der Waals surface area contributed by atoms with Crippen LogP contribution in [0.5, 0.6) is 17.2 Å². The SMILES string of the molecule is CCCCCCCCNc1c(-c2ccc(OC)cc2)c(-c2ccc(OC)cc2)c(NC(C)CCCCCCC)c2c1=c1ccc3c4ccc5c6c(NCCCCCCCC)c7c8ccc9c%10cccc%11c(-c%12ccc(OC)cc%12)ccc(c%12ccc(c7c(NCCCCCCCC)c6c6ccc(c7ccc=2c1c37)c4c56)c8c9%12)c%11%10. The van der Waals surface area contributed by atoms with Crippen LogP contribution < -0.4 is 35.5 Å². The van der Waals surface area contributed by atoms with Gasteiger partial charge in [-0.25, -0.2) is 0 Å². The van der Waals surface area contributed by atoms with Crippen molar-refractivity contribution in [1.29, 1.82) is 0 Å². The Morgan fingerprint density at radius 2 is 0.566 bits per heavy atom. The molecule has 0 saturated heterocycles. The molecule has 7 heteroatoms. The first-order valence-electron chi connectivity index (χ1n) is 43.6. The van der Waals surface area contributed by atoms with E-state index in [1.165, 1.54) is 324 Å². The van der Waals surface area contributed by atoms with Crippen LogP contribution in [0.4, 0.5) is 22.7 Å². The Morgan fingerprint density at radius 3 is 0.991 bits per heavy atom. The van der Waals surface area contributed by atoms with Crippen molar-refractivity contribution in [2.75, 3.05) is 62.2 Å². The van der Waals surface area contributed by atoms with E-state index >= 15 is 0 Å². The van der Waals surface area contributed by atoms with Crippen LogP contribution in [0.2, 0.25) is 0 Å². The van der Waals surface area contributed by atoms with Gasteiger partial charge in [0.1, 0.15) is 17.2 Å². The maximum absolute atomic E-state index is 5.91. The van der Waals surface area contributed by atoms with Gasteiger partial charge < -0.3 is 35.5 Å². The molecule has 113 heavy (non-hydrogen) atoms. The predicted molar refractivity (Wildman–Crippen MR) is 491 cm³/mol. The van der Waals surface area contributed by atoms with Crippen LogP contribution in [0.25, 0.3) is 163 Å². The van der Waals surface area contributed by atoms with E-state index in [0.717, 1.165) is 73.7 Å². The summed E-state index contributed by atoms with van der Waals surface area (Å²) in [7, 11) is 5.29. The minimum absolute atomic E-state index is 0.209. The Hall–Kier alpha value is -10.5. The third-order valence-corrected chi connectivity index (χ3v) is 26.1. The number of benzene rings is 15. The number of nitrogens with one attached hydrogen (secondary N) is 4. The molecule has 17 aromatic carbocycles. The minimum atomic E-state index is 0.209. The number of unbranched alkanes of at least 4 members (excludes halogenated alkanes) is 19. The summed E-state index contributed by atoms with van der Waals surface area (Å²) in [6.45, 7) is 14.4. The summed E-state index contributed by atoms with van der Waals surface area (Å²) in [5, 5.41) is 54.8. The van der Waals surface area contributed by atoms with Crippen molar-refractivity contribution < 1.29 is 14.2 Å². The second kappa shape index (κ2) is 32.2. The normalized spacial score (nSPS) is 12.6. The van der Waals surface area contributed by atoms with Gasteiger partial charge >= 0.3 is 0 Å². The molecular weight excluding hydrogens is 1380 g/mol. The van der Waals surface area contributed by atoms with Gasteiger partial charge in [0.05, 0.1) is 44.1 Å². The molecule has 1 unspecified atom stereocenters. The van der Waals surface area contributed by atoms with Crippen LogP contribution >= 0.6 is 0 Å². The zero-order valence-corrected chi connectivity index (χ0v) is 68.1. The van der Waals surface area contributed by atoms with Gasteiger partial charge in [0.2, 0.25) is 0 Å². The van der Waals surface area contributed by atoms with E-state index in [1.54, 1.807) is 21.3 Å². The Kier molecular flexibility index (Phi) is 21.1. The Labute approximate surface area is 666 Å². The molecule has 0 amide bonds. The number of hydrogen-bond donors (Lipinski definition) is 4. The summed E-state index contributed by atoms with van der Waals surface area (Å²) >= 11 is 0. The molecule has 18 rings (SSSR count). The van der Waals surface area contributed by atoms with Gasteiger partial charge in [-0.3, -0.25) is 0 Å². The molecule has 0 aliphatic heterocycles. The fraction of sp³-hybridized carbons (Fsp3) is 0.340. The second-order valence-corrected chi connectivity index (χ2v) is 33.1. The number of hydrogen-bond acceptors (Lipinski definition) is 7. The second-order valence-electron chi connectivity index (χ2n) is 33.1. The van der Waals surface area contributed by atoms with Crippen molar-refractivity contribution in [2.24, 2.45) is 0 Å².